The number of carbonyl (C=O) groups excluding carboxylic acids is 1. The maximum atomic E-state index is 12.5. The lowest BCUT2D eigenvalue weighted by atomic mass is 10.1. The van der Waals surface area contributed by atoms with E-state index in [-0.39, 0.29) is 5.91 Å². The summed E-state index contributed by atoms with van der Waals surface area (Å²) < 4.78 is 1.86. The number of carbonyl (C=O) groups is 1. The predicted octanol–water partition coefficient (Wildman–Crippen LogP) is 4.64. The minimum Gasteiger partial charge on any atom is -0.311 e. The molecule has 0 radical (unpaired) electrons. The molecule has 0 saturated carbocycles. The molecule has 2 aromatic carbocycles. The van der Waals surface area contributed by atoms with Gasteiger partial charge in [-0.15, -0.1) is 0 Å². The van der Waals surface area contributed by atoms with Crippen molar-refractivity contribution in [3.63, 3.8) is 0 Å². The molecule has 2 rings (SSSR count). The predicted molar refractivity (Wildman–Crippen MR) is 90.8 cm³/mol. The minimum atomic E-state index is -0.0192. The highest BCUT2D eigenvalue weighted by Crippen LogP contribution is 2.23. The van der Waals surface area contributed by atoms with Gasteiger partial charge in [0.15, 0.2) is 0 Å². The Morgan fingerprint density at radius 2 is 1.79 bits per heavy atom. The second-order valence-electron chi connectivity index (χ2n) is 4.32. The lowest BCUT2D eigenvalue weighted by Crippen LogP contribution is -2.26. The van der Waals surface area contributed by atoms with Crippen molar-refractivity contribution in [2.24, 2.45) is 0 Å². The van der Waals surface area contributed by atoms with Gasteiger partial charge >= 0.3 is 0 Å². The average molecular weight is 430 g/mol. The average Bonchev–Trinajstić information content (AvgIpc) is 2.41. The molecule has 0 fully saturated rings. The lowest BCUT2D eigenvalue weighted by Gasteiger charge is -2.18. The Kier molecular flexibility index (Phi) is 4.62. The number of hydrogen-bond donors (Lipinski definition) is 0. The van der Waals surface area contributed by atoms with Gasteiger partial charge in [0, 0.05) is 20.8 Å². The van der Waals surface area contributed by atoms with E-state index in [1.807, 2.05) is 49.4 Å². The van der Waals surface area contributed by atoms with Crippen LogP contribution in [0.5, 0.6) is 0 Å². The van der Waals surface area contributed by atoms with Gasteiger partial charge in [-0.05, 0) is 75.8 Å². The lowest BCUT2D eigenvalue weighted by molar-refractivity contribution is 0.0992. The van der Waals surface area contributed by atoms with Gasteiger partial charge in [-0.1, -0.05) is 17.7 Å². The highest BCUT2D eigenvalue weighted by Gasteiger charge is 2.16. The van der Waals surface area contributed by atoms with Crippen LogP contribution in [-0.4, -0.2) is 13.0 Å². The highest BCUT2D eigenvalue weighted by molar-refractivity contribution is 14.1. The first kappa shape index (κ1) is 14.5. The summed E-state index contributed by atoms with van der Waals surface area (Å²) in [6.07, 6.45) is 0. The molecule has 0 bridgehead atoms. The van der Waals surface area contributed by atoms with Crippen molar-refractivity contribution in [2.75, 3.05) is 11.9 Å². The Morgan fingerprint density at radius 3 is 2.42 bits per heavy atom. The van der Waals surface area contributed by atoms with E-state index in [0.29, 0.717) is 5.56 Å². The number of nitrogens with zero attached hydrogens (tertiary/aromatic N) is 1. The Morgan fingerprint density at radius 1 is 1.16 bits per heavy atom. The fourth-order valence-electron chi connectivity index (χ4n) is 1.73. The first-order valence-corrected chi connectivity index (χ1v) is 7.66. The monoisotopic (exact) mass is 429 g/mol. The van der Waals surface area contributed by atoms with E-state index in [4.69, 9.17) is 0 Å². The molecule has 0 atom stereocenters. The van der Waals surface area contributed by atoms with Crippen LogP contribution >= 0.6 is 38.5 Å². The van der Waals surface area contributed by atoms with E-state index in [1.54, 1.807) is 11.9 Å². The van der Waals surface area contributed by atoms with E-state index in [2.05, 4.69) is 38.5 Å². The maximum Gasteiger partial charge on any atom is 0.259 e. The third kappa shape index (κ3) is 3.36. The van der Waals surface area contributed by atoms with E-state index >= 15 is 0 Å². The van der Waals surface area contributed by atoms with Crippen LogP contribution in [0.25, 0.3) is 0 Å². The molecule has 2 aromatic rings. The summed E-state index contributed by atoms with van der Waals surface area (Å²) in [6, 6.07) is 13.7. The van der Waals surface area contributed by atoms with Crippen LogP contribution in [0.15, 0.2) is 46.9 Å². The smallest absolute Gasteiger partial charge is 0.259 e. The molecular formula is C15H13BrINO. The summed E-state index contributed by atoms with van der Waals surface area (Å²) in [6.45, 7) is 2.03. The van der Waals surface area contributed by atoms with Crippen molar-refractivity contribution < 1.29 is 4.79 Å². The van der Waals surface area contributed by atoms with Gasteiger partial charge < -0.3 is 4.90 Å². The summed E-state index contributed by atoms with van der Waals surface area (Å²) >= 11 is 5.64. The van der Waals surface area contributed by atoms with Crippen LogP contribution in [0, 0.1) is 10.5 Å². The van der Waals surface area contributed by atoms with Crippen LogP contribution in [-0.2, 0) is 0 Å². The summed E-state index contributed by atoms with van der Waals surface area (Å²) in [5.41, 5.74) is 2.75. The van der Waals surface area contributed by atoms with Crippen molar-refractivity contribution in [3.8, 4) is 0 Å². The number of benzene rings is 2. The van der Waals surface area contributed by atoms with Gasteiger partial charge in [-0.2, -0.15) is 0 Å². The molecule has 0 unspecified atom stereocenters. The molecular weight excluding hydrogens is 417 g/mol. The van der Waals surface area contributed by atoms with Gasteiger partial charge in [0.2, 0.25) is 0 Å². The van der Waals surface area contributed by atoms with Crippen LogP contribution in [0.2, 0.25) is 0 Å². The molecule has 0 aromatic heterocycles. The third-order valence-electron chi connectivity index (χ3n) is 2.88. The number of hydrogen-bond acceptors (Lipinski definition) is 1. The SMILES string of the molecule is Cc1ccc(N(C)C(=O)c2cc(I)ccc2Br)cc1. The topological polar surface area (TPSA) is 20.3 Å². The molecule has 0 aliphatic heterocycles. The van der Waals surface area contributed by atoms with E-state index in [0.717, 1.165) is 13.7 Å². The highest BCUT2D eigenvalue weighted by atomic mass is 127. The zero-order chi connectivity index (χ0) is 14.0. The number of aryl methyl sites for hydroxylation is 1. The standard InChI is InChI=1S/C15H13BrINO/c1-10-3-6-12(7-4-10)18(2)15(19)13-9-11(17)5-8-14(13)16/h3-9H,1-2H3. The number of amides is 1. The molecule has 4 heteroatoms. The first-order chi connectivity index (χ1) is 8.99. The molecule has 0 N–H and O–H groups in total. The molecule has 1 amide bonds. The molecule has 19 heavy (non-hydrogen) atoms. The van der Waals surface area contributed by atoms with E-state index < -0.39 is 0 Å². The normalized spacial score (nSPS) is 10.3. The minimum absolute atomic E-state index is 0.0192. The summed E-state index contributed by atoms with van der Waals surface area (Å²) in [5, 5.41) is 0. The second kappa shape index (κ2) is 6.05. The van der Waals surface area contributed by atoms with Crippen molar-refractivity contribution in [1.29, 1.82) is 0 Å². The van der Waals surface area contributed by atoms with E-state index in [9.17, 15) is 4.79 Å². The van der Waals surface area contributed by atoms with Crippen molar-refractivity contribution in [2.45, 2.75) is 6.92 Å². The van der Waals surface area contributed by atoms with Gasteiger partial charge in [-0.3, -0.25) is 4.79 Å². The number of halogens is 2. The van der Waals surface area contributed by atoms with Crippen molar-refractivity contribution in [3.05, 3.63) is 61.6 Å². The van der Waals surface area contributed by atoms with Crippen molar-refractivity contribution >= 4 is 50.1 Å². The zero-order valence-electron chi connectivity index (χ0n) is 10.7. The molecule has 0 spiro atoms. The van der Waals surface area contributed by atoms with Crippen LogP contribution in [0.4, 0.5) is 5.69 Å². The Balaban J connectivity index is 2.33. The number of rotatable bonds is 2. The summed E-state index contributed by atoms with van der Waals surface area (Å²) in [7, 11) is 1.79. The van der Waals surface area contributed by atoms with Crippen molar-refractivity contribution in [1.82, 2.24) is 0 Å². The third-order valence-corrected chi connectivity index (χ3v) is 4.25. The molecule has 0 aliphatic rings. The largest absolute Gasteiger partial charge is 0.311 e. The zero-order valence-corrected chi connectivity index (χ0v) is 14.4. The molecule has 0 saturated heterocycles. The fraction of sp³-hybridized carbons (Fsp3) is 0.133. The Bertz CT molecular complexity index is 610. The second-order valence-corrected chi connectivity index (χ2v) is 6.42. The fourth-order valence-corrected chi connectivity index (χ4v) is 2.64. The van der Waals surface area contributed by atoms with Crippen LogP contribution < -0.4 is 4.90 Å². The van der Waals surface area contributed by atoms with Gasteiger partial charge in [-0.25, -0.2) is 0 Å². The van der Waals surface area contributed by atoms with Crippen LogP contribution in [0.3, 0.4) is 0 Å². The Labute approximate surface area is 135 Å². The van der Waals surface area contributed by atoms with Gasteiger partial charge in [0.25, 0.3) is 5.91 Å². The number of anilines is 1. The Hall–Kier alpha value is -0.880. The molecule has 0 aliphatic carbocycles. The molecule has 2 nitrogen and oxygen atoms in total. The van der Waals surface area contributed by atoms with Gasteiger partial charge in [0.05, 0.1) is 5.56 Å². The molecule has 98 valence electrons. The quantitative estimate of drug-likeness (QED) is 0.637. The van der Waals surface area contributed by atoms with Gasteiger partial charge in [0.1, 0.15) is 0 Å². The molecule has 0 heterocycles. The van der Waals surface area contributed by atoms with E-state index in [1.165, 1.54) is 5.56 Å². The first-order valence-electron chi connectivity index (χ1n) is 5.79. The summed E-state index contributed by atoms with van der Waals surface area (Å²) in [4.78, 5) is 14.2. The summed E-state index contributed by atoms with van der Waals surface area (Å²) in [5.74, 6) is -0.0192. The van der Waals surface area contributed by atoms with Crippen LogP contribution in [0.1, 0.15) is 15.9 Å². The maximum absolute atomic E-state index is 12.5.